The van der Waals surface area contributed by atoms with Gasteiger partial charge in [0.15, 0.2) is 0 Å². The first-order valence-electron chi connectivity index (χ1n) is 7.87. The molecule has 1 aliphatic heterocycles. The summed E-state index contributed by atoms with van der Waals surface area (Å²) in [7, 11) is 1.84. The molecule has 1 aromatic carbocycles. The van der Waals surface area contributed by atoms with Crippen LogP contribution < -0.4 is 5.32 Å². The first kappa shape index (κ1) is 15.7. The molecule has 1 N–H and O–H groups in total. The molecule has 6 heteroatoms. The van der Waals surface area contributed by atoms with Crippen molar-refractivity contribution in [2.75, 3.05) is 26.8 Å². The lowest BCUT2D eigenvalue weighted by atomic mass is 10.1. The minimum absolute atomic E-state index is 0.111. The van der Waals surface area contributed by atoms with E-state index in [-0.39, 0.29) is 11.9 Å². The van der Waals surface area contributed by atoms with E-state index < -0.39 is 0 Å². The second-order valence-corrected chi connectivity index (χ2v) is 5.76. The lowest BCUT2D eigenvalue weighted by Gasteiger charge is -2.26. The van der Waals surface area contributed by atoms with E-state index in [2.05, 4.69) is 10.4 Å². The smallest absolute Gasteiger partial charge is 0.224 e. The third-order valence-corrected chi connectivity index (χ3v) is 4.00. The molecular weight excluding hydrogens is 292 g/mol. The monoisotopic (exact) mass is 314 g/mol. The van der Waals surface area contributed by atoms with Crippen LogP contribution in [0.15, 0.2) is 42.7 Å². The Morgan fingerprint density at radius 3 is 3.04 bits per heavy atom. The van der Waals surface area contributed by atoms with Gasteiger partial charge in [-0.2, -0.15) is 5.10 Å². The van der Waals surface area contributed by atoms with Gasteiger partial charge in [0.1, 0.15) is 0 Å². The standard InChI is InChI=1S/C17H22N4O2/c1-20(17(22)11-15-13-23-10-8-18-15)12-14-5-2-3-6-16(14)21-9-4-7-19-21/h2-7,9,15,18H,8,10-13H2,1H3/t15-/m1/s1. The Labute approximate surface area is 136 Å². The summed E-state index contributed by atoms with van der Waals surface area (Å²) < 4.78 is 7.23. The Bertz CT molecular complexity index is 636. The molecule has 0 bridgehead atoms. The van der Waals surface area contributed by atoms with Crippen LogP contribution in [-0.4, -0.2) is 53.4 Å². The van der Waals surface area contributed by atoms with Gasteiger partial charge in [-0.25, -0.2) is 4.68 Å². The number of hydrogen-bond acceptors (Lipinski definition) is 4. The van der Waals surface area contributed by atoms with Crippen molar-refractivity contribution >= 4 is 5.91 Å². The molecule has 2 aromatic rings. The Morgan fingerprint density at radius 2 is 2.30 bits per heavy atom. The van der Waals surface area contributed by atoms with E-state index in [4.69, 9.17) is 4.74 Å². The highest BCUT2D eigenvalue weighted by molar-refractivity contribution is 5.76. The number of morpholine rings is 1. The zero-order valence-electron chi connectivity index (χ0n) is 13.3. The number of nitrogens with one attached hydrogen (secondary N) is 1. The molecule has 3 rings (SSSR count). The van der Waals surface area contributed by atoms with Crippen LogP contribution >= 0.6 is 0 Å². The third kappa shape index (κ3) is 3.97. The van der Waals surface area contributed by atoms with Gasteiger partial charge in [-0.05, 0) is 17.7 Å². The Hall–Kier alpha value is -2.18. The highest BCUT2D eigenvalue weighted by Gasteiger charge is 2.20. The minimum Gasteiger partial charge on any atom is -0.378 e. The quantitative estimate of drug-likeness (QED) is 0.901. The van der Waals surface area contributed by atoms with E-state index in [0.29, 0.717) is 19.6 Å². The molecule has 0 spiro atoms. The second kappa shape index (κ2) is 7.39. The predicted molar refractivity (Wildman–Crippen MR) is 87.3 cm³/mol. The van der Waals surface area contributed by atoms with Crippen molar-refractivity contribution in [2.24, 2.45) is 0 Å². The normalized spacial score (nSPS) is 17.9. The molecule has 0 radical (unpaired) electrons. The molecular formula is C17H22N4O2. The van der Waals surface area contributed by atoms with Crippen LogP contribution in [0.4, 0.5) is 0 Å². The molecule has 0 aliphatic carbocycles. The average Bonchev–Trinajstić information content (AvgIpc) is 3.10. The lowest BCUT2D eigenvalue weighted by molar-refractivity contribution is -0.131. The van der Waals surface area contributed by atoms with E-state index in [1.807, 2.05) is 48.3 Å². The molecule has 6 nitrogen and oxygen atoms in total. The molecule has 1 aliphatic rings. The summed E-state index contributed by atoms with van der Waals surface area (Å²) in [6.07, 6.45) is 4.12. The van der Waals surface area contributed by atoms with Gasteiger partial charge in [0.2, 0.25) is 5.91 Å². The highest BCUT2D eigenvalue weighted by Crippen LogP contribution is 2.16. The number of ether oxygens (including phenoxy) is 1. The van der Waals surface area contributed by atoms with Gasteiger partial charge in [-0.15, -0.1) is 0 Å². The van der Waals surface area contributed by atoms with Crippen molar-refractivity contribution in [3.8, 4) is 5.69 Å². The summed E-state index contributed by atoms with van der Waals surface area (Å²) in [5, 5.41) is 7.60. The molecule has 1 fully saturated rings. The van der Waals surface area contributed by atoms with Crippen LogP contribution in [0.1, 0.15) is 12.0 Å². The Kier molecular flexibility index (Phi) is 5.05. The maximum atomic E-state index is 12.4. The van der Waals surface area contributed by atoms with E-state index in [9.17, 15) is 4.79 Å². The predicted octanol–water partition coefficient (Wildman–Crippen LogP) is 1.21. The lowest BCUT2D eigenvalue weighted by Crippen LogP contribution is -2.44. The van der Waals surface area contributed by atoms with Gasteiger partial charge in [0.25, 0.3) is 0 Å². The molecule has 23 heavy (non-hydrogen) atoms. The topological polar surface area (TPSA) is 59.4 Å². The van der Waals surface area contributed by atoms with E-state index in [1.165, 1.54) is 0 Å². The van der Waals surface area contributed by atoms with Crippen LogP contribution in [0.5, 0.6) is 0 Å². The molecule has 1 saturated heterocycles. The summed E-state index contributed by atoms with van der Waals surface area (Å²) >= 11 is 0. The van der Waals surface area contributed by atoms with Crippen molar-refractivity contribution in [1.29, 1.82) is 0 Å². The van der Waals surface area contributed by atoms with Crippen molar-refractivity contribution in [1.82, 2.24) is 20.0 Å². The summed E-state index contributed by atoms with van der Waals surface area (Å²) in [6.45, 7) is 2.69. The van der Waals surface area contributed by atoms with Crippen molar-refractivity contribution < 1.29 is 9.53 Å². The van der Waals surface area contributed by atoms with Crippen molar-refractivity contribution in [3.05, 3.63) is 48.3 Å². The van der Waals surface area contributed by atoms with Crippen LogP contribution in [0.25, 0.3) is 5.69 Å². The zero-order chi connectivity index (χ0) is 16.1. The SMILES string of the molecule is CN(Cc1ccccc1-n1cccn1)C(=O)C[C@@H]1COCCN1. The first-order valence-corrected chi connectivity index (χ1v) is 7.87. The second-order valence-electron chi connectivity index (χ2n) is 5.76. The number of carbonyl (C=O) groups excluding carboxylic acids is 1. The number of nitrogens with zero attached hydrogens (tertiary/aromatic N) is 3. The summed E-state index contributed by atoms with van der Waals surface area (Å²) in [5.41, 5.74) is 2.07. The number of aromatic nitrogens is 2. The Balaban J connectivity index is 1.65. The van der Waals surface area contributed by atoms with E-state index in [1.54, 1.807) is 11.1 Å². The van der Waals surface area contributed by atoms with Gasteiger partial charge < -0.3 is 15.0 Å². The average molecular weight is 314 g/mol. The molecule has 122 valence electrons. The highest BCUT2D eigenvalue weighted by atomic mass is 16.5. The number of carbonyl (C=O) groups is 1. The number of para-hydroxylation sites is 1. The van der Waals surface area contributed by atoms with Crippen molar-refractivity contribution in [3.63, 3.8) is 0 Å². The summed E-state index contributed by atoms with van der Waals surface area (Å²) in [6, 6.07) is 10.0. The number of amides is 1. The van der Waals surface area contributed by atoms with Crippen LogP contribution in [0, 0.1) is 0 Å². The van der Waals surface area contributed by atoms with Gasteiger partial charge >= 0.3 is 0 Å². The number of benzene rings is 1. The van der Waals surface area contributed by atoms with Crippen molar-refractivity contribution in [2.45, 2.75) is 19.0 Å². The summed E-state index contributed by atoms with van der Waals surface area (Å²) in [4.78, 5) is 14.2. The Morgan fingerprint density at radius 1 is 1.43 bits per heavy atom. The van der Waals surface area contributed by atoms with Gasteiger partial charge in [-0.1, -0.05) is 18.2 Å². The largest absolute Gasteiger partial charge is 0.378 e. The minimum atomic E-state index is 0.111. The van der Waals surface area contributed by atoms with Gasteiger partial charge in [0.05, 0.1) is 18.9 Å². The van der Waals surface area contributed by atoms with Gasteiger partial charge in [0, 0.05) is 45.0 Å². The molecule has 1 amide bonds. The maximum Gasteiger partial charge on any atom is 0.224 e. The number of rotatable bonds is 5. The van der Waals surface area contributed by atoms with E-state index in [0.717, 1.165) is 24.4 Å². The van der Waals surface area contributed by atoms with Gasteiger partial charge in [-0.3, -0.25) is 4.79 Å². The van der Waals surface area contributed by atoms with E-state index >= 15 is 0 Å². The first-order chi connectivity index (χ1) is 11.2. The van der Waals surface area contributed by atoms with Crippen LogP contribution in [0.3, 0.4) is 0 Å². The van der Waals surface area contributed by atoms with Crippen LogP contribution in [-0.2, 0) is 16.1 Å². The molecule has 1 atom stereocenters. The fourth-order valence-electron chi connectivity index (χ4n) is 2.74. The maximum absolute atomic E-state index is 12.4. The molecule has 0 unspecified atom stereocenters. The van der Waals surface area contributed by atoms with Crippen LogP contribution in [0.2, 0.25) is 0 Å². The number of hydrogen-bond donors (Lipinski definition) is 1. The fraction of sp³-hybridized carbons (Fsp3) is 0.412. The fourth-order valence-corrected chi connectivity index (χ4v) is 2.74. The molecule has 2 heterocycles. The zero-order valence-corrected chi connectivity index (χ0v) is 13.3. The molecule has 0 saturated carbocycles. The summed E-state index contributed by atoms with van der Waals surface area (Å²) in [5.74, 6) is 0.114. The third-order valence-electron chi connectivity index (χ3n) is 4.00. The molecule has 1 aromatic heterocycles.